The van der Waals surface area contributed by atoms with Crippen molar-refractivity contribution in [2.24, 2.45) is 5.41 Å². The number of nitrogens with one attached hydrogen (secondary N) is 1. The normalized spacial score (nSPS) is 13.1. The molecule has 1 atom stereocenters. The molecule has 112 valence electrons. The van der Waals surface area contributed by atoms with Crippen molar-refractivity contribution in [2.75, 3.05) is 0 Å². The molecular formula is C14H20BrNO4. The van der Waals surface area contributed by atoms with Gasteiger partial charge in [0.1, 0.15) is 6.04 Å². The zero-order valence-corrected chi connectivity index (χ0v) is 13.7. The molecule has 1 unspecified atom stereocenters. The molecule has 0 saturated carbocycles. The van der Waals surface area contributed by atoms with Gasteiger partial charge in [0.15, 0.2) is 10.4 Å². The second-order valence-corrected chi connectivity index (χ2v) is 6.81. The third kappa shape index (κ3) is 5.00. The molecule has 0 radical (unpaired) electrons. The molecule has 0 aromatic carbocycles. The minimum Gasteiger partial charge on any atom is -0.480 e. The molecule has 1 heterocycles. The highest BCUT2D eigenvalue weighted by Gasteiger charge is 2.25. The van der Waals surface area contributed by atoms with Gasteiger partial charge in [-0.2, -0.15) is 0 Å². The Kier molecular flexibility index (Phi) is 5.39. The Morgan fingerprint density at radius 1 is 1.45 bits per heavy atom. The van der Waals surface area contributed by atoms with Crippen LogP contribution in [0.5, 0.6) is 0 Å². The summed E-state index contributed by atoms with van der Waals surface area (Å²) in [5.74, 6) is -1.40. The van der Waals surface area contributed by atoms with Crippen LogP contribution in [0.4, 0.5) is 0 Å². The molecule has 0 aliphatic rings. The SMILES string of the molecule is Cc1cc(Br)oc1C(=O)NC(CCC(C)(C)C)C(=O)O. The number of carboxylic acid groups (broad SMARTS) is 1. The summed E-state index contributed by atoms with van der Waals surface area (Å²) in [5, 5.41) is 11.7. The van der Waals surface area contributed by atoms with E-state index < -0.39 is 17.9 Å². The van der Waals surface area contributed by atoms with E-state index in [9.17, 15) is 14.7 Å². The van der Waals surface area contributed by atoms with E-state index >= 15 is 0 Å². The standard InChI is InChI=1S/C14H20BrNO4/c1-8-7-10(15)20-11(8)12(17)16-9(13(18)19)5-6-14(2,3)4/h7,9H,5-6H2,1-4H3,(H,16,17)(H,18,19). The number of rotatable bonds is 5. The summed E-state index contributed by atoms with van der Waals surface area (Å²) < 4.78 is 5.66. The second-order valence-electron chi connectivity index (χ2n) is 6.03. The van der Waals surface area contributed by atoms with Gasteiger partial charge >= 0.3 is 5.97 Å². The molecule has 1 aromatic rings. The smallest absolute Gasteiger partial charge is 0.326 e. The van der Waals surface area contributed by atoms with Gasteiger partial charge in [-0.3, -0.25) is 4.79 Å². The highest BCUT2D eigenvalue weighted by Crippen LogP contribution is 2.23. The molecule has 0 fully saturated rings. The molecular weight excluding hydrogens is 326 g/mol. The van der Waals surface area contributed by atoms with Gasteiger partial charge in [-0.25, -0.2) is 4.79 Å². The Balaban J connectivity index is 2.73. The summed E-state index contributed by atoms with van der Waals surface area (Å²) in [6.07, 6.45) is 1.08. The number of carboxylic acids is 1. The van der Waals surface area contributed by atoms with E-state index in [1.165, 1.54) is 0 Å². The maximum Gasteiger partial charge on any atom is 0.326 e. The summed E-state index contributed by atoms with van der Waals surface area (Å²) >= 11 is 3.14. The minimum absolute atomic E-state index is 0.0159. The minimum atomic E-state index is -1.04. The first-order valence-electron chi connectivity index (χ1n) is 6.40. The number of aliphatic carboxylic acids is 1. The Morgan fingerprint density at radius 3 is 2.45 bits per heavy atom. The van der Waals surface area contributed by atoms with Gasteiger partial charge in [-0.1, -0.05) is 20.8 Å². The van der Waals surface area contributed by atoms with Crippen molar-refractivity contribution < 1.29 is 19.1 Å². The fourth-order valence-corrected chi connectivity index (χ4v) is 2.23. The van der Waals surface area contributed by atoms with E-state index in [-0.39, 0.29) is 11.2 Å². The third-order valence-corrected chi connectivity index (χ3v) is 3.27. The molecule has 0 bridgehead atoms. The van der Waals surface area contributed by atoms with Crippen LogP contribution < -0.4 is 5.32 Å². The predicted octanol–water partition coefficient (Wildman–Crippen LogP) is 3.36. The number of carbonyl (C=O) groups excluding carboxylic acids is 1. The monoisotopic (exact) mass is 345 g/mol. The van der Waals surface area contributed by atoms with E-state index in [0.29, 0.717) is 23.1 Å². The van der Waals surface area contributed by atoms with Crippen LogP contribution in [0, 0.1) is 12.3 Å². The molecule has 0 saturated heterocycles. The average molecular weight is 346 g/mol. The number of carbonyl (C=O) groups is 2. The fraction of sp³-hybridized carbons (Fsp3) is 0.571. The highest BCUT2D eigenvalue weighted by molar-refractivity contribution is 9.10. The van der Waals surface area contributed by atoms with Crippen molar-refractivity contribution in [3.63, 3.8) is 0 Å². The largest absolute Gasteiger partial charge is 0.480 e. The van der Waals surface area contributed by atoms with E-state index in [4.69, 9.17) is 4.42 Å². The fourth-order valence-electron chi connectivity index (χ4n) is 1.73. The average Bonchev–Trinajstić information content (AvgIpc) is 2.61. The van der Waals surface area contributed by atoms with Crippen LogP contribution in [-0.4, -0.2) is 23.0 Å². The summed E-state index contributed by atoms with van der Waals surface area (Å²) in [6, 6.07) is 0.754. The molecule has 6 heteroatoms. The molecule has 0 aliphatic carbocycles. The first-order valence-corrected chi connectivity index (χ1v) is 7.19. The van der Waals surface area contributed by atoms with Crippen molar-refractivity contribution in [2.45, 2.75) is 46.6 Å². The summed E-state index contributed by atoms with van der Waals surface area (Å²) in [4.78, 5) is 23.2. The lowest BCUT2D eigenvalue weighted by atomic mass is 9.88. The van der Waals surface area contributed by atoms with Crippen LogP contribution in [0.15, 0.2) is 15.2 Å². The molecule has 0 spiro atoms. The van der Waals surface area contributed by atoms with Gasteiger partial charge in [-0.15, -0.1) is 0 Å². The van der Waals surface area contributed by atoms with Gasteiger partial charge in [0.25, 0.3) is 5.91 Å². The highest BCUT2D eigenvalue weighted by atomic mass is 79.9. The van der Waals surface area contributed by atoms with Gasteiger partial charge in [0.2, 0.25) is 0 Å². The maximum atomic E-state index is 12.0. The number of amides is 1. The molecule has 1 aromatic heterocycles. The van der Waals surface area contributed by atoms with Crippen LogP contribution in [0.3, 0.4) is 0 Å². The predicted molar refractivity (Wildman–Crippen MR) is 78.7 cm³/mol. The van der Waals surface area contributed by atoms with E-state index in [1.807, 2.05) is 20.8 Å². The van der Waals surface area contributed by atoms with Gasteiger partial charge in [0.05, 0.1) is 0 Å². The Hall–Kier alpha value is -1.30. The van der Waals surface area contributed by atoms with Crippen molar-refractivity contribution in [1.29, 1.82) is 0 Å². The summed E-state index contributed by atoms with van der Waals surface area (Å²) in [5.41, 5.74) is 0.677. The molecule has 1 amide bonds. The lowest BCUT2D eigenvalue weighted by Gasteiger charge is -2.21. The van der Waals surface area contributed by atoms with E-state index in [0.717, 1.165) is 0 Å². The lowest BCUT2D eigenvalue weighted by molar-refractivity contribution is -0.139. The molecule has 5 nitrogen and oxygen atoms in total. The van der Waals surface area contributed by atoms with Crippen molar-refractivity contribution >= 4 is 27.8 Å². The molecule has 1 rings (SSSR count). The van der Waals surface area contributed by atoms with Crippen molar-refractivity contribution in [1.82, 2.24) is 5.32 Å². The zero-order valence-electron chi connectivity index (χ0n) is 12.1. The third-order valence-electron chi connectivity index (χ3n) is 2.88. The number of hydrogen-bond donors (Lipinski definition) is 2. The van der Waals surface area contributed by atoms with E-state index in [2.05, 4.69) is 21.2 Å². The van der Waals surface area contributed by atoms with Crippen molar-refractivity contribution in [3.05, 3.63) is 22.1 Å². The van der Waals surface area contributed by atoms with Gasteiger partial charge in [0, 0.05) is 5.56 Å². The maximum absolute atomic E-state index is 12.0. The van der Waals surface area contributed by atoms with Crippen LogP contribution >= 0.6 is 15.9 Å². The molecule has 2 N–H and O–H groups in total. The van der Waals surface area contributed by atoms with Crippen LogP contribution in [0.25, 0.3) is 0 Å². The quantitative estimate of drug-likeness (QED) is 0.857. The first-order chi connectivity index (χ1) is 9.10. The van der Waals surface area contributed by atoms with Crippen molar-refractivity contribution in [3.8, 4) is 0 Å². The van der Waals surface area contributed by atoms with Crippen LogP contribution in [0.2, 0.25) is 0 Å². The Bertz CT molecular complexity index is 502. The number of aryl methyl sites for hydroxylation is 1. The van der Waals surface area contributed by atoms with Gasteiger partial charge in [-0.05, 0) is 47.2 Å². The Labute approximate surface area is 126 Å². The topological polar surface area (TPSA) is 79.5 Å². The van der Waals surface area contributed by atoms with E-state index in [1.54, 1.807) is 13.0 Å². The number of furan rings is 1. The summed E-state index contributed by atoms with van der Waals surface area (Å²) in [7, 11) is 0. The number of hydrogen-bond acceptors (Lipinski definition) is 3. The lowest BCUT2D eigenvalue weighted by Crippen LogP contribution is -2.41. The second kappa shape index (κ2) is 6.43. The zero-order chi connectivity index (χ0) is 15.5. The van der Waals surface area contributed by atoms with Crippen LogP contribution in [0.1, 0.15) is 49.7 Å². The Morgan fingerprint density at radius 2 is 2.05 bits per heavy atom. The van der Waals surface area contributed by atoms with Crippen LogP contribution in [-0.2, 0) is 4.79 Å². The molecule has 20 heavy (non-hydrogen) atoms. The van der Waals surface area contributed by atoms with Gasteiger partial charge < -0.3 is 14.8 Å². The summed E-state index contributed by atoms with van der Waals surface area (Å²) in [6.45, 7) is 7.82. The number of halogens is 1. The molecule has 0 aliphatic heterocycles. The first kappa shape index (κ1) is 16.8.